The molecule has 1 N–H and O–H groups in total. The average Bonchev–Trinajstić information content (AvgIpc) is 2.88. The van der Waals surface area contributed by atoms with E-state index in [0.717, 1.165) is 28.3 Å². The quantitative estimate of drug-likeness (QED) is 0.818. The molecule has 1 heterocycles. The first-order valence-electron chi connectivity index (χ1n) is 6.10. The van der Waals surface area contributed by atoms with Crippen molar-refractivity contribution in [3.8, 4) is 0 Å². The van der Waals surface area contributed by atoms with Crippen molar-refractivity contribution in [2.75, 3.05) is 7.11 Å². The number of aliphatic hydroxyl groups is 1. The van der Waals surface area contributed by atoms with Crippen LogP contribution in [0, 0.1) is 0 Å². The minimum Gasteiger partial charge on any atom is -0.496 e. The SMILES string of the molecule is COC1=C2C=c3c(cnn3CC(C)O)=C2CC=C1. The van der Waals surface area contributed by atoms with E-state index >= 15 is 0 Å². The molecule has 0 aliphatic heterocycles. The zero-order chi connectivity index (χ0) is 12.7. The van der Waals surface area contributed by atoms with E-state index in [9.17, 15) is 5.11 Å². The van der Waals surface area contributed by atoms with Crippen LogP contribution in [0.1, 0.15) is 13.3 Å². The van der Waals surface area contributed by atoms with E-state index in [1.54, 1.807) is 14.0 Å². The van der Waals surface area contributed by atoms with E-state index in [-0.39, 0.29) is 0 Å². The molecule has 4 nitrogen and oxygen atoms in total. The van der Waals surface area contributed by atoms with Gasteiger partial charge in [-0.2, -0.15) is 5.10 Å². The molecule has 4 heteroatoms. The summed E-state index contributed by atoms with van der Waals surface area (Å²) in [5.41, 5.74) is 2.41. The summed E-state index contributed by atoms with van der Waals surface area (Å²) >= 11 is 0. The molecule has 3 rings (SSSR count). The van der Waals surface area contributed by atoms with Gasteiger partial charge in [0.2, 0.25) is 0 Å². The number of hydrogen-bond donors (Lipinski definition) is 1. The van der Waals surface area contributed by atoms with E-state index in [2.05, 4.69) is 17.3 Å². The number of ether oxygens (including phenoxy) is 1. The highest BCUT2D eigenvalue weighted by Crippen LogP contribution is 2.27. The van der Waals surface area contributed by atoms with Gasteiger partial charge >= 0.3 is 0 Å². The normalized spacial score (nSPS) is 18.5. The van der Waals surface area contributed by atoms with E-state index in [1.165, 1.54) is 5.57 Å². The first-order valence-corrected chi connectivity index (χ1v) is 6.10. The molecule has 1 atom stereocenters. The predicted octanol–water partition coefficient (Wildman–Crippen LogP) is 0.0691. The number of hydrogen-bond acceptors (Lipinski definition) is 3. The molecule has 1 unspecified atom stereocenters. The van der Waals surface area contributed by atoms with E-state index < -0.39 is 6.10 Å². The van der Waals surface area contributed by atoms with Crippen molar-refractivity contribution in [1.82, 2.24) is 9.78 Å². The van der Waals surface area contributed by atoms with Crippen molar-refractivity contribution in [2.24, 2.45) is 0 Å². The van der Waals surface area contributed by atoms with Crippen LogP contribution in [0.25, 0.3) is 11.6 Å². The fourth-order valence-corrected chi connectivity index (χ4v) is 2.54. The van der Waals surface area contributed by atoms with Gasteiger partial charge in [-0.1, -0.05) is 6.08 Å². The largest absolute Gasteiger partial charge is 0.496 e. The molecule has 0 amide bonds. The third kappa shape index (κ3) is 1.61. The van der Waals surface area contributed by atoms with E-state index in [0.29, 0.717) is 6.54 Å². The Bertz CT molecular complexity index is 662. The Kier molecular flexibility index (Phi) is 2.59. The Morgan fingerprint density at radius 2 is 2.39 bits per heavy atom. The summed E-state index contributed by atoms with van der Waals surface area (Å²) in [6.07, 6.45) is 8.60. The third-order valence-corrected chi connectivity index (χ3v) is 3.33. The molecule has 0 aromatic carbocycles. The molecule has 18 heavy (non-hydrogen) atoms. The summed E-state index contributed by atoms with van der Waals surface area (Å²) in [6, 6.07) is 0. The number of nitrogens with zero attached hydrogens (tertiary/aromatic N) is 2. The fourth-order valence-electron chi connectivity index (χ4n) is 2.54. The molecule has 0 fully saturated rings. The van der Waals surface area contributed by atoms with Gasteiger partial charge in [0.1, 0.15) is 5.76 Å². The lowest BCUT2D eigenvalue weighted by atomic mass is 9.99. The van der Waals surface area contributed by atoms with Crippen molar-refractivity contribution in [3.05, 3.63) is 40.2 Å². The zero-order valence-electron chi connectivity index (χ0n) is 10.6. The monoisotopic (exact) mass is 244 g/mol. The smallest absolute Gasteiger partial charge is 0.126 e. The molecule has 2 aliphatic carbocycles. The second-order valence-electron chi connectivity index (χ2n) is 4.69. The van der Waals surface area contributed by atoms with Crippen LogP contribution in [-0.2, 0) is 11.3 Å². The Hall–Kier alpha value is -1.81. The lowest BCUT2D eigenvalue weighted by molar-refractivity contribution is 0.167. The van der Waals surface area contributed by atoms with Crippen LogP contribution in [0.5, 0.6) is 0 Å². The molecule has 2 aliphatic rings. The fraction of sp³-hybridized carbons (Fsp3) is 0.357. The molecule has 0 radical (unpaired) electrons. The minimum absolute atomic E-state index is 0.399. The van der Waals surface area contributed by atoms with Gasteiger partial charge in [-0.25, -0.2) is 0 Å². The highest BCUT2D eigenvalue weighted by atomic mass is 16.5. The van der Waals surface area contributed by atoms with Gasteiger partial charge in [0.25, 0.3) is 0 Å². The Morgan fingerprint density at radius 3 is 3.11 bits per heavy atom. The summed E-state index contributed by atoms with van der Waals surface area (Å²) < 4.78 is 7.24. The maximum Gasteiger partial charge on any atom is 0.126 e. The van der Waals surface area contributed by atoms with Gasteiger partial charge in [-0.05, 0) is 31.1 Å². The molecular formula is C14H16N2O2. The van der Waals surface area contributed by atoms with Crippen LogP contribution in [0.15, 0.2) is 29.7 Å². The Balaban J connectivity index is 2.18. The number of rotatable bonds is 3. The summed E-state index contributed by atoms with van der Waals surface area (Å²) in [4.78, 5) is 0. The summed E-state index contributed by atoms with van der Waals surface area (Å²) in [6.45, 7) is 2.28. The van der Waals surface area contributed by atoms with E-state index in [1.807, 2.05) is 17.0 Å². The van der Waals surface area contributed by atoms with Gasteiger partial charge in [0.15, 0.2) is 0 Å². The van der Waals surface area contributed by atoms with Gasteiger partial charge in [0, 0.05) is 10.8 Å². The topological polar surface area (TPSA) is 47.3 Å². The van der Waals surface area contributed by atoms with E-state index in [4.69, 9.17) is 4.74 Å². The molecule has 0 saturated carbocycles. The number of aromatic nitrogens is 2. The Labute approximate surface area is 105 Å². The van der Waals surface area contributed by atoms with Crippen molar-refractivity contribution in [2.45, 2.75) is 26.0 Å². The summed E-state index contributed by atoms with van der Waals surface area (Å²) in [5, 5.41) is 16.0. The Morgan fingerprint density at radius 1 is 1.56 bits per heavy atom. The van der Waals surface area contributed by atoms with Crippen molar-refractivity contribution < 1.29 is 9.84 Å². The van der Waals surface area contributed by atoms with Gasteiger partial charge in [0.05, 0.1) is 31.3 Å². The maximum absolute atomic E-state index is 9.48. The summed E-state index contributed by atoms with van der Waals surface area (Å²) in [7, 11) is 1.69. The standard InChI is InChI=1S/C14H16N2O2/c1-9(17)8-16-13-6-11-10(12(13)7-15-16)4-3-5-14(11)18-2/h3,5-7,9,17H,4,8H2,1-2H3. The third-order valence-electron chi connectivity index (χ3n) is 3.33. The first kappa shape index (κ1) is 11.3. The number of allylic oxidation sites excluding steroid dienone is 3. The molecule has 1 aromatic rings. The van der Waals surface area contributed by atoms with Crippen LogP contribution in [0.2, 0.25) is 0 Å². The second-order valence-corrected chi connectivity index (χ2v) is 4.69. The second kappa shape index (κ2) is 4.14. The van der Waals surface area contributed by atoms with Crippen LogP contribution >= 0.6 is 0 Å². The van der Waals surface area contributed by atoms with Crippen LogP contribution in [0.4, 0.5) is 0 Å². The number of aliphatic hydroxyl groups excluding tert-OH is 1. The molecule has 0 bridgehead atoms. The summed E-state index contributed by atoms with van der Waals surface area (Å²) in [5.74, 6) is 0.899. The highest BCUT2D eigenvalue weighted by Gasteiger charge is 2.20. The van der Waals surface area contributed by atoms with Gasteiger partial charge < -0.3 is 9.84 Å². The number of methoxy groups -OCH3 is 1. The van der Waals surface area contributed by atoms with Gasteiger partial charge in [-0.15, -0.1) is 0 Å². The van der Waals surface area contributed by atoms with Crippen molar-refractivity contribution in [3.63, 3.8) is 0 Å². The molecule has 1 aromatic heterocycles. The molecular weight excluding hydrogens is 228 g/mol. The predicted molar refractivity (Wildman–Crippen MR) is 68.8 cm³/mol. The number of fused-ring (bicyclic) bond motifs is 2. The highest BCUT2D eigenvalue weighted by molar-refractivity contribution is 5.84. The van der Waals surface area contributed by atoms with Crippen molar-refractivity contribution >= 4 is 11.6 Å². The van der Waals surface area contributed by atoms with Crippen LogP contribution < -0.4 is 10.6 Å². The zero-order valence-corrected chi connectivity index (χ0v) is 10.6. The lowest BCUT2D eigenvalue weighted by Gasteiger charge is -2.12. The van der Waals surface area contributed by atoms with Crippen molar-refractivity contribution in [1.29, 1.82) is 0 Å². The molecule has 0 saturated heterocycles. The average molecular weight is 244 g/mol. The maximum atomic E-state index is 9.48. The minimum atomic E-state index is -0.399. The van der Waals surface area contributed by atoms with Crippen LogP contribution in [0.3, 0.4) is 0 Å². The molecule has 0 spiro atoms. The lowest BCUT2D eigenvalue weighted by Crippen LogP contribution is -2.30. The first-order chi connectivity index (χ1) is 8.70. The van der Waals surface area contributed by atoms with Gasteiger partial charge in [-0.3, -0.25) is 4.68 Å². The van der Waals surface area contributed by atoms with Crippen LogP contribution in [-0.4, -0.2) is 28.1 Å². The molecule has 94 valence electrons.